The lowest BCUT2D eigenvalue weighted by Gasteiger charge is -2.21. The van der Waals surface area contributed by atoms with Gasteiger partial charge in [0.05, 0.1) is 5.69 Å². The van der Waals surface area contributed by atoms with Crippen LogP contribution in [0.4, 0.5) is 35.0 Å². The number of anilines is 3. The van der Waals surface area contributed by atoms with Gasteiger partial charge in [0.2, 0.25) is 5.95 Å². The first-order valence-corrected chi connectivity index (χ1v) is 9.52. The zero-order valence-electron chi connectivity index (χ0n) is 16.3. The molecule has 2 aromatic carbocycles. The van der Waals surface area contributed by atoms with Crippen molar-refractivity contribution >= 4 is 29.9 Å². The molecule has 2 N–H and O–H groups in total. The summed E-state index contributed by atoms with van der Waals surface area (Å²) in [5.41, 5.74) is 0.501. The molecule has 1 fully saturated rings. The van der Waals surface area contributed by atoms with Crippen molar-refractivity contribution in [3.05, 3.63) is 65.7 Å². The highest BCUT2D eigenvalue weighted by Gasteiger charge is 2.20. The van der Waals surface area contributed by atoms with Gasteiger partial charge in [-0.2, -0.15) is 4.98 Å². The largest absolute Gasteiger partial charge is 0.340 e. The molecular formula is C21H20ClF4N5. The molecule has 1 saturated heterocycles. The van der Waals surface area contributed by atoms with Crippen LogP contribution in [0, 0.1) is 23.3 Å². The van der Waals surface area contributed by atoms with Crippen molar-refractivity contribution in [2.24, 2.45) is 0 Å². The van der Waals surface area contributed by atoms with E-state index in [1.54, 1.807) is 0 Å². The Bertz CT molecular complexity index is 1040. The monoisotopic (exact) mass is 453 g/mol. The summed E-state index contributed by atoms with van der Waals surface area (Å²) >= 11 is 0. The Kier molecular flexibility index (Phi) is 7.29. The summed E-state index contributed by atoms with van der Waals surface area (Å²) in [6, 6.07) is 9.10. The van der Waals surface area contributed by atoms with Crippen LogP contribution in [-0.2, 0) is 0 Å². The molecule has 0 amide bonds. The van der Waals surface area contributed by atoms with Gasteiger partial charge in [0.25, 0.3) is 0 Å². The second kappa shape index (κ2) is 9.93. The van der Waals surface area contributed by atoms with Gasteiger partial charge < -0.3 is 15.5 Å². The summed E-state index contributed by atoms with van der Waals surface area (Å²) in [5, 5.41) is 6.31. The minimum Gasteiger partial charge on any atom is -0.340 e. The molecule has 1 aliphatic rings. The number of nitrogens with zero attached hydrogens (tertiary/aromatic N) is 3. The van der Waals surface area contributed by atoms with Crippen molar-refractivity contribution < 1.29 is 17.6 Å². The number of benzene rings is 2. The quantitative estimate of drug-likeness (QED) is 0.444. The van der Waals surface area contributed by atoms with E-state index in [1.165, 1.54) is 30.3 Å². The summed E-state index contributed by atoms with van der Waals surface area (Å²) in [6.45, 7) is 2.91. The molecule has 3 aromatic rings. The lowest BCUT2D eigenvalue weighted by Crippen LogP contribution is -2.29. The Morgan fingerprint density at radius 3 is 2.42 bits per heavy atom. The fourth-order valence-corrected chi connectivity index (χ4v) is 3.23. The van der Waals surface area contributed by atoms with E-state index in [9.17, 15) is 17.6 Å². The van der Waals surface area contributed by atoms with Crippen LogP contribution in [0.1, 0.15) is 6.42 Å². The fourth-order valence-electron chi connectivity index (χ4n) is 3.23. The molecule has 0 aliphatic carbocycles. The summed E-state index contributed by atoms with van der Waals surface area (Å²) in [4.78, 5) is 10.9. The van der Waals surface area contributed by atoms with E-state index >= 15 is 0 Å². The number of halogens is 5. The van der Waals surface area contributed by atoms with Gasteiger partial charge in [-0.3, -0.25) is 0 Å². The Labute approximate surface area is 182 Å². The van der Waals surface area contributed by atoms with Gasteiger partial charge in [-0.25, -0.2) is 22.5 Å². The van der Waals surface area contributed by atoms with E-state index in [1.807, 2.05) is 4.90 Å². The first-order valence-electron chi connectivity index (χ1n) is 9.52. The number of rotatable bonds is 4. The number of hydrogen-bond donors (Lipinski definition) is 2. The van der Waals surface area contributed by atoms with Crippen LogP contribution in [0.3, 0.4) is 0 Å². The molecule has 0 bridgehead atoms. The topological polar surface area (TPSA) is 53.1 Å². The number of hydrogen-bond acceptors (Lipinski definition) is 5. The predicted molar refractivity (Wildman–Crippen MR) is 114 cm³/mol. The van der Waals surface area contributed by atoms with Gasteiger partial charge in [-0.15, -0.1) is 12.4 Å². The maximum atomic E-state index is 14.4. The first-order chi connectivity index (χ1) is 14.5. The van der Waals surface area contributed by atoms with Gasteiger partial charge in [0.15, 0.2) is 17.5 Å². The van der Waals surface area contributed by atoms with Crippen LogP contribution in [0.2, 0.25) is 0 Å². The normalized spacial score (nSPS) is 14.0. The fraction of sp³-hybridized carbons (Fsp3) is 0.238. The van der Waals surface area contributed by atoms with Gasteiger partial charge in [0.1, 0.15) is 11.6 Å². The molecular weight excluding hydrogens is 434 g/mol. The predicted octanol–water partition coefficient (Wildman–Crippen LogP) is 4.67. The zero-order chi connectivity index (χ0) is 21.1. The molecule has 10 heteroatoms. The second-order valence-electron chi connectivity index (χ2n) is 6.88. The lowest BCUT2D eigenvalue weighted by molar-refractivity contribution is 0.449. The van der Waals surface area contributed by atoms with Crippen LogP contribution >= 0.6 is 12.4 Å². The molecule has 0 saturated carbocycles. The standard InChI is InChI=1S/C21H19F4N5.ClH/c22-13-2-4-14(5-3-13)27-18-12-17(15-6-7-16(23)20(25)19(15)24)28-21(29-18)30-10-1-8-26-9-11-30;/h2-7,12,26H,1,8-11H2,(H,27,28,29);1H. The molecule has 4 rings (SSSR count). The highest BCUT2D eigenvalue weighted by molar-refractivity contribution is 5.85. The third-order valence-corrected chi connectivity index (χ3v) is 4.77. The van der Waals surface area contributed by atoms with Crippen LogP contribution in [0.15, 0.2) is 42.5 Å². The maximum absolute atomic E-state index is 14.4. The number of nitrogens with one attached hydrogen (secondary N) is 2. The molecule has 0 radical (unpaired) electrons. The SMILES string of the molecule is Cl.Fc1ccc(Nc2cc(-c3ccc(F)c(F)c3F)nc(N3CCCNCC3)n2)cc1. The van der Waals surface area contributed by atoms with Gasteiger partial charge in [-0.05, 0) is 49.4 Å². The molecule has 1 aliphatic heterocycles. The highest BCUT2D eigenvalue weighted by atomic mass is 35.5. The number of aromatic nitrogens is 2. The summed E-state index contributed by atoms with van der Waals surface area (Å²) in [7, 11) is 0. The molecule has 1 aromatic heterocycles. The van der Waals surface area contributed by atoms with E-state index < -0.39 is 17.5 Å². The molecule has 164 valence electrons. The molecule has 5 nitrogen and oxygen atoms in total. The van der Waals surface area contributed by atoms with Gasteiger partial charge >= 0.3 is 0 Å². The lowest BCUT2D eigenvalue weighted by atomic mass is 10.1. The summed E-state index contributed by atoms with van der Waals surface area (Å²) < 4.78 is 54.8. The van der Waals surface area contributed by atoms with E-state index in [4.69, 9.17) is 0 Å². The van der Waals surface area contributed by atoms with Crippen molar-refractivity contribution in [3.8, 4) is 11.3 Å². The Morgan fingerprint density at radius 2 is 1.65 bits per heavy atom. The second-order valence-corrected chi connectivity index (χ2v) is 6.88. The smallest absolute Gasteiger partial charge is 0.227 e. The summed E-state index contributed by atoms with van der Waals surface area (Å²) in [5.74, 6) is -3.86. The van der Waals surface area contributed by atoms with Crippen molar-refractivity contribution in [1.82, 2.24) is 15.3 Å². The molecule has 0 spiro atoms. The Morgan fingerprint density at radius 1 is 0.871 bits per heavy atom. The minimum atomic E-state index is -1.56. The van der Waals surface area contributed by atoms with Crippen LogP contribution in [-0.4, -0.2) is 36.1 Å². The van der Waals surface area contributed by atoms with Crippen LogP contribution in [0.5, 0.6) is 0 Å². The third kappa shape index (κ3) is 5.23. The van der Waals surface area contributed by atoms with Crippen molar-refractivity contribution in [1.29, 1.82) is 0 Å². The van der Waals surface area contributed by atoms with E-state index in [2.05, 4.69) is 20.6 Å². The molecule has 2 heterocycles. The highest BCUT2D eigenvalue weighted by Crippen LogP contribution is 2.29. The Hall–Kier alpha value is -2.91. The van der Waals surface area contributed by atoms with Crippen molar-refractivity contribution in [2.45, 2.75) is 6.42 Å². The van der Waals surface area contributed by atoms with Gasteiger partial charge in [-0.1, -0.05) is 0 Å². The molecule has 0 unspecified atom stereocenters. The molecule has 31 heavy (non-hydrogen) atoms. The van der Waals surface area contributed by atoms with E-state index in [-0.39, 0.29) is 29.5 Å². The summed E-state index contributed by atoms with van der Waals surface area (Å²) in [6.07, 6.45) is 0.869. The minimum absolute atomic E-state index is 0. The third-order valence-electron chi connectivity index (χ3n) is 4.77. The van der Waals surface area contributed by atoms with Crippen molar-refractivity contribution in [2.75, 3.05) is 36.4 Å². The maximum Gasteiger partial charge on any atom is 0.227 e. The average Bonchev–Trinajstić information content (AvgIpc) is 3.03. The first kappa shape index (κ1) is 22.8. The molecule has 0 atom stereocenters. The van der Waals surface area contributed by atoms with Crippen LogP contribution in [0.25, 0.3) is 11.3 Å². The zero-order valence-corrected chi connectivity index (χ0v) is 17.2. The van der Waals surface area contributed by atoms with E-state index in [0.717, 1.165) is 31.6 Å². The average molecular weight is 454 g/mol. The van der Waals surface area contributed by atoms with Crippen molar-refractivity contribution in [3.63, 3.8) is 0 Å². The van der Waals surface area contributed by atoms with Crippen LogP contribution < -0.4 is 15.5 Å². The van der Waals surface area contributed by atoms with E-state index in [0.29, 0.717) is 30.5 Å². The van der Waals surface area contributed by atoms with Gasteiger partial charge in [0, 0.05) is 37.0 Å². The Balaban J connectivity index is 0.00000272.